The van der Waals surface area contributed by atoms with E-state index in [9.17, 15) is 23.2 Å². The maximum Gasteiger partial charge on any atom is 0.322 e. The number of nitrogens with one attached hydrogen (secondary N) is 3. The van der Waals surface area contributed by atoms with Crippen LogP contribution in [0.2, 0.25) is 0 Å². The Morgan fingerprint density at radius 1 is 1.24 bits per heavy atom. The zero-order chi connectivity index (χ0) is 21.4. The number of alkyl halides is 2. The van der Waals surface area contributed by atoms with Crippen molar-refractivity contribution in [2.45, 2.75) is 51.5 Å². The molecule has 0 bridgehead atoms. The molecular formula is C21H27F2N3O3. The molecule has 1 aromatic rings. The molecule has 6 nitrogen and oxygen atoms in total. The summed E-state index contributed by atoms with van der Waals surface area (Å²) in [6.45, 7) is 4.72. The lowest BCUT2D eigenvalue weighted by Gasteiger charge is -2.28. The van der Waals surface area contributed by atoms with Gasteiger partial charge in [0.05, 0.1) is 6.54 Å². The van der Waals surface area contributed by atoms with Crippen LogP contribution in [-0.2, 0) is 21.9 Å². The van der Waals surface area contributed by atoms with Gasteiger partial charge in [0.1, 0.15) is 5.54 Å². The molecule has 2 fully saturated rings. The van der Waals surface area contributed by atoms with Gasteiger partial charge in [-0.05, 0) is 36.7 Å². The molecule has 0 radical (unpaired) electrons. The monoisotopic (exact) mass is 407 g/mol. The molecule has 2 atom stereocenters. The van der Waals surface area contributed by atoms with Crippen molar-refractivity contribution in [1.29, 1.82) is 0 Å². The number of hydrogen-bond donors (Lipinski definition) is 3. The highest BCUT2D eigenvalue weighted by atomic mass is 19.3. The third kappa shape index (κ3) is 4.57. The van der Waals surface area contributed by atoms with Gasteiger partial charge in [-0.15, -0.1) is 0 Å². The van der Waals surface area contributed by atoms with Gasteiger partial charge >= 0.3 is 6.03 Å². The van der Waals surface area contributed by atoms with E-state index in [1.165, 1.54) is 12.1 Å². The fourth-order valence-corrected chi connectivity index (χ4v) is 3.81. The standard InChI is InChI=1S/C21H27F2N3O3/c1-12(2)16(10-13-4-6-14(7-5-13)20(3,22)23)17(27)24-11-21(15-8-9-15)18(28)25-19(29)26-21/h4-7,12,15-16H,8-11H2,1-3H3,(H,24,27)(H2,25,26,28,29)/t16-,21-/m0/s1. The number of amides is 4. The molecule has 1 aliphatic carbocycles. The molecular weight excluding hydrogens is 380 g/mol. The largest absolute Gasteiger partial charge is 0.353 e. The summed E-state index contributed by atoms with van der Waals surface area (Å²) >= 11 is 0. The van der Waals surface area contributed by atoms with Crippen LogP contribution in [0.25, 0.3) is 0 Å². The Morgan fingerprint density at radius 2 is 1.86 bits per heavy atom. The zero-order valence-corrected chi connectivity index (χ0v) is 16.9. The molecule has 1 aromatic carbocycles. The first-order valence-corrected chi connectivity index (χ1v) is 9.91. The summed E-state index contributed by atoms with van der Waals surface area (Å²) in [7, 11) is 0. The van der Waals surface area contributed by atoms with Crippen molar-refractivity contribution in [2.75, 3.05) is 6.54 Å². The van der Waals surface area contributed by atoms with E-state index in [1.54, 1.807) is 12.1 Å². The second-order valence-corrected chi connectivity index (χ2v) is 8.51. The molecule has 8 heteroatoms. The van der Waals surface area contributed by atoms with Crippen molar-refractivity contribution < 1.29 is 23.2 Å². The van der Waals surface area contributed by atoms with Crippen LogP contribution in [0.5, 0.6) is 0 Å². The van der Waals surface area contributed by atoms with E-state index in [0.29, 0.717) is 6.42 Å². The number of imide groups is 1. The fourth-order valence-electron chi connectivity index (χ4n) is 3.81. The first-order chi connectivity index (χ1) is 13.5. The number of halogens is 2. The Labute approximate surface area is 168 Å². The Morgan fingerprint density at radius 3 is 2.31 bits per heavy atom. The van der Waals surface area contributed by atoms with Crippen LogP contribution in [0.4, 0.5) is 13.6 Å². The smallest absolute Gasteiger partial charge is 0.322 e. The lowest BCUT2D eigenvalue weighted by molar-refractivity contribution is -0.128. The summed E-state index contributed by atoms with van der Waals surface area (Å²) in [5.74, 6) is -3.89. The van der Waals surface area contributed by atoms with Crippen molar-refractivity contribution in [3.63, 3.8) is 0 Å². The summed E-state index contributed by atoms with van der Waals surface area (Å²) < 4.78 is 26.8. The van der Waals surface area contributed by atoms with Crippen molar-refractivity contribution in [3.05, 3.63) is 35.4 Å². The average Bonchev–Trinajstić information content (AvgIpc) is 3.43. The summed E-state index contributed by atoms with van der Waals surface area (Å²) in [5.41, 5.74) is -0.361. The van der Waals surface area contributed by atoms with Crippen LogP contribution in [0, 0.1) is 17.8 Å². The molecule has 1 saturated heterocycles. The Hall–Kier alpha value is -2.51. The number of urea groups is 1. The Kier molecular flexibility index (Phi) is 5.65. The molecule has 0 spiro atoms. The number of hydrogen-bond acceptors (Lipinski definition) is 3. The van der Waals surface area contributed by atoms with E-state index in [-0.39, 0.29) is 35.8 Å². The SMILES string of the molecule is CC(C)[C@H](Cc1ccc(C(C)(F)F)cc1)C(=O)NC[C@@]1(C2CC2)NC(=O)NC1=O. The van der Waals surface area contributed by atoms with E-state index >= 15 is 0 Å². The summed E-state index contributed by atoms with van der Waals surface area (Å²) in [5, 5.41) is 7.79. The molecule has 158 valence electrons. The third-order valence-corrected chi connectivity index (χ3v) is 5.84. The lowest BCUT2D eigenvalue weighted by atomic mass is 9.87. The third-order valence-electron chi connectivity index (χ3n) is 5.84. The van der Waals surface area contributed by atoms with E-state index in [4.69, 9.17) is 0 Å². The van der Waals surface area contributed by atoms with Gasteiger partial charge in [-0.1, -0.05) is 38.1 Å². The van der Waals surface area contributed by atoms with Gasteiger partial charge in [-0.25, -0.2) is 13.6 Å². The Bertz CT molecular complexity index is 800. The van der Waals surface area contributed by atoms with Crippen molar-refractivity contribution in [1.82, 2.24) is 16.0 Å². The van der Waals surface area contributed by atoms with Gasteiger partial charge in [0.2, 0.25) is 5.91 Å². The predicted octanol–water partition coefficient (Wildman–Crippen LogP) is 2.72. The van der Waals surface area contributed by atoms with E-state index in [0.717, 1.165) is 25.3 Å². The number of carbonyl (C=O) groups is 3. The highest BCUT2D eigenvalue weighted by Gasteiger charge is 2.56. The van der Waals surface area contributed by atoms with Gasteiger partial charge < -0.3 is 10.6 Å². The molecule has 29 heavy (non-hydrogen) atoms. The molecule has 3 N–H and O–H groups in total. The highest BCUT2D eigenvalue weighted by Crippen LogP contribution is 2.41. The average molecular weight is 407 g/mol. The van der Waals surface area contributed by atoms with Crippen LogP contribution < -0.4 is 16.0 Å². The number of carbonyl (C=O) groups excluding carboxylic acids is 3. The van der Waals surface area contributed by atoms with E-state index in [1.807, 2.05) is 13.8 Å². The topological polar surface area (TPSA) is 87.3 Å². The minimum Gasteiger partial charge on any atom is -0.353 e. The van der Waals surface area contributed by atoms with Crippen LogP contribution >= 0.6 is 0 Å². The van der Waals surface area contributed by atoms with Crippen LogP contribution in [-0.4, -0.2) is 29.9 Å². The van der Waals surface area contributed by atoms with Gasteiger partial charge in [0, 0.05) is 18.4 Å². The van der Waals surface area contributed by atoms with Crippen LogP contribution in [0.15, 0.2) is 24.3 Å². The Balaban J connectivity index is 1.67. The van der Waals surface area contributed by atoms with Crippen LogP contribution in [0.1, 0.15) is 44.7 Å². The second-order valence-electron chi connectivity index (χ2n) is 8.51. The van der Waals surface area contributed by atoms with Crippen molar-refractivity contribution >= 4 is 17.8 Å². The van der Waals surface area contributed by atoms with Gasteiger partial charge in [0.15, 0.2) is 0 Å². The maximum absolute atomic E-state index is 13.4. The first-order valence-electron chi connectivity index (χ1n) is 9.91. The normalized spacial score (nSPS) is 23.0. The van der Waals surface area contributed by atoms with E-state index < -0.39 is 23.4 Å². The molecule has 2 aliphatic rings. The van der Waals surface area contributed by atoms with E-state index in [2.05, 4.69) is 16.0 Å². The number of benzene rings is 1. The molecule has 0 aromatic heterocycles. The molecule has 0 unspecified atom stereocenters. The molecule has 1 aliphatic heterocycles. The predicted molar refractivity (Wildman–Crippen MR) is 103 cm³/mol. The van der Waals surface area contributed by atoms with Crippen molar-refractivity contribution in [3.8, 4) is 0 Å². The molecule has 1 saturated carbocycles. The summed E-state index contributed by atoms with van der Waals surface area (Å²) in [4.78, 5) is 36.8. The molecule has 4 amide bonds. The summed E-state index contributed by atoms with van der Waals surface area (Å²) in [6, 6.07) is 5.46. The van der Waals surface area contributed by atoms with Crippen LogP contribution in [0.3, 0.4) is 0 Å². The van der Waals surface area contributed by atoms with Gasteiger partial charge in [0.25, 0.3) is 11.8 Å². The quantitative estimate of drug-likeness (QED) is 0.579. The minimum atomic E-state index is -2.91. The summed E-state index contributed by atoms with van der Waals surface area (Å²) in [6.07, 6.45) is 2.05. The molecule has 3 rings (SSSR count). The van der Waals surface area contributed by atoms with Gasteiger partial charge in [-0.2, -0.15) is 0 Å². The van der Waals surface area contributed by atoms with Gasteiger partial charge in [-0.3, -0.25) is 14.9 Å². The van der Waals surface area contributed by atoms with Crippen molar-refractivity contribution in [2.24, 2.45) is 17.8 Å². The highest BCUT2D eigenvalue weighted by molar-refractivity contribution is 6.07. The minimum absolute atomic E-state index is 0.00571. The maximum atomic E-state index is 13.4. The lowest BCUT2D eigenvalue weighted by Crippen LogP contribution is -2.57. The second kappa shape index (κ2) is 7.72. The number of rotatable bonds is 8. The first kappa shape index (κ1) is 21.2. The molecule has 1 heterocycles. The zero-order valence-electron chi connectivity index (χ0n) is 16.9. The fraction of sp³-hybridized carbons (Fsp3) is 0.571.